The summed E-state index contributed by atoms with van der Waals surface area (Å²) in [6.07, 6.45) is 4.68. The number of hydrogen-bond acceptors (Lipinski definition) is 6. The van der Waals surface area contributed by atoms with E-state index in [1.165, 1.54) is 11.3 Å². The number of aryl methyl sites for hydroxylation is 1. The van der Waals surface area contributed by atoms with E-state index < -0.39 is 0 Å². The van der Waals surface area contributed by atoms with Gasteiger partial charge in [0.15, 0.2) is 10.8 Å². The van der Waals surface area contributed by atoms with Gasteiger partial charge in [0.25, 0.3) is 0 Å². The minimum absolute atomic E-state index is 0.357. The molecule has 0 radical (unpaired) electrons. The molecule has 0 aliphatic heterocycles. The molecule has 0 aliphatic carbocycles. The molecule has 0 fully saturated rings. The third-order valence-corrected chi connectivity index (χ3v) is 3.24. The van der Waals surface area contributed by atoms with E-state index in [0.29, 0.717) is 12.3 Å². The molecule has 0 bridgehead atoms. The average Bonchev–Trinajstić information content (AvgIpc) is 2.99. The highest BCUT2D eigenvalue weighted by atomic mass is 32.1. The van der Waals surface area contributed by atoms with Crippen molar-refractivity contribution in [2.24, 2.45) is 7.05 Å². The molecule has 2 rings (SSSR count). The monoisotopic (exact) mass is 280 g/mol. The summed E-state index contributed by atoms with van der Waals surface area (Å²) < 4.78 is 6.66. The van der Waals surface area contributed by atoms with Crippen LogP contribution in [0.2, 0.25) is 0 Å². The van der Waals surface area contributed by atoms with Gasteiger partial charge in [-0.25, -0.2) is 9.78 Å². The zero-order valence-electron chi connectivity index (χ0n) is 10.9. The Morgan fingerprint density at radius 2 is 2.42 bits per heavy atom. The first-order valence-corrected chi connectivity index (χ1v) is 6.91. The van der Waals surface area contributed by atoms with E-state index in [0.717, 1.165) is 23.7 Å². The van der Waals surface area contributed by atoms with Crippen LogP contribution in [0.1, 0.15) is 23.0 Å². The first-order valence-electron chi connectivity index (χ1n) is 6.03. The van der Waals surface area contributed by atoms with Gasteiger partial charge in [-0.05, 0) is 18.9 Å². The van der Waals surface area contributed by atoms with Crippen molar-refractivity contribution in [3.8, 4) is 0 Å². The summed E-state index contributed by atoms with van der Waals surface area (Å²) in [7, 11) is 1.89. The molecule has 0 unspecified atom stereocenters. The molecule has 102 valence electrons. The van der Waals surface area contributed by atoms with E-state index in [2.05, 4.69) is 15.4 Å². The minimum atomic E-state index is -0.376. The van der Waals surface area contributed by atoms with Crippen molar-refractivity contribution in [2.45, 2.75) is 13.3 Å². The van der Waals surface area contributed by atoms with E-state index in [1.54, 1.807) is 17.0 Å². The van der Waals surface area contributed by atoms with Crippen molar-refractivity contribution in [2.75, 3.05) is 18.5 Å². The number of rotatable bonds is 6. The maximum Gasteiger partial charge on any atom is 0.357 e. The Balaban J connectivity index is 1.81. The first-order chi connectivity index (χ1) is 9.19. The van der Waals surface area contributed by atoms with Gasteiger partial charge in [0.05, 0.1) is 12.8 Å². The number of anilines is 1. The summed E-state index contributed by atoms with van der Waals surface area (Å²) in [5.74, 6) is -0.376. The van der Waals surface area contributed by atoms with Crippen molar-refractivity contribution >= 4 is 22.4 Å². The van der Waals surface area contributed by atoms with E-state index in [4.69, 9.17) is 4.74 Å². The number of hydrogen-bond donors (Lipinski definition) is 1. The number of thiazole rings is 1. The molecule has 2 aromatic heterocycles. The van der Waals surface area contributed by atoms with Crippen LogP contribution in [0.5, 0.6) is 0 Å². The second kappa shape index (κ2) is 6.33. The molecule has 0 atom stereocenters. The molecule has 2 heterocycles. The van der Waals surface area contributed by atoms with Gasteiger partial charge in [-0.15, -0.1) is 11.3 Å². The summed E-state index contributed by atoms with van der Waals surface area (Å²) in [4.78, 5) is 15.6. The number of esters is 1. The van der Waals surface area contributed by atoms with Crippen molar-refractivity contribution in [1.29, 1.82) is 0 Å². The van der Waals surface area contributed by atoms with Crippen LogP contribution in [-0.2, 0) is 18.2 Å². The molecule has 0 aliphatic rings. The highest BCUT2D eigenvalue weighted by molar-refractivity contribution is 7.13. The van der Waals surface area contributed by atoms with Crippen LogP contribution in [0.4, 0.5) is 5.13 Å². The zero-order chi connectivity index (χ0) is 13.7. The lowest BCUT2D eigenvalue weighted by Gasteiger charge is -2.00. The molecule has 2 aromatic rings. The number of nitrogens with one attached hydrogen (secondary N) is 1. The lowest BCUT2D eigenvalue weighted by molar-refractivity contribution is 0.0520. The fraction of sp³-hybridized carbons (Fsp3) is 0.417. The molecule has 6 nitrogen and oxygen atoms in total. The lowest BCUT2D eigenvalue weighted by atomic mass is 10.2. The van der Waals surface area contributed by atoms with Crippen molar-refractivity contribution < 1.29 is 9.53 Å². The predicted molar refractivity (Wildman–Crippen MR) is 73.5 cm³/mol. The largest absolute Gasteiger partial charge is 0.461 e. The van der Waals surface area contributed by atoms with E-state index in [9.17, 15) is 4.79 Å². The van der Waals surface area contributed by atoms with E-state index in [1.807, 2.05) is 19.4 Å². The lowest BCUT2D eigenvalue weighted by Crippen LogP contribution is -2.07. The summed E-state index contributed by atoms with van der Waals surface area (Å²) >= 11 is 1.40. The van der Waals surface area contributed by atoms with Crippen LogP contribution in [-0.4, -0.2) is 33.9 Å². The normalized spacial score (nSPS) is 10.4. The van der Waals surface area contributed by atoms with Gasteiger partial charge in [0, 0.05) is 25.2 Å². The predicted octanol–water partition coefficient (Wildman–Crippen LogP) is 1.71. The average molecular weight is 280 g/mol. The third kappa shape index (κ3) is 3.78. The summed E-state index contributed by atoms with van der Waals surface area (Å²) in [5, 5.41) is 9.71. The number of carbonyl (C=O) groups excluding carboxylic acids is 1. The van der Waals surface area contributed by atoms with Crippen LogP contribution < -0.4 is 5.32 Å². The van der Waals surface area contributed by atoms with Gasteiger partial charge in [-0.2, -0.15) is 5.10 Å². The Morgan fingerprint density at radius 1 is 1.58 bits per heavy atom. The summed E-state index contributed by atoms with van der Waals surface area (Å²) in [5.41, 5.74) is 1.52. The standard InChI is InChI=1S/C12H16N4O2S/c1-3-18-11(17)10-8-19-12(15-10)13-5-4-9-6-14-16(2)7-9/h6-8H,3-5H2,1-2H3,(H,13,15). The molecule has 0 aromatic carbocycles. The molecule has 0 saturated heterocycles. The number of aromatic nitrogens is 3. The topological polar surface area (TPSA) is 69.0 Å². The Bertz CT molecular complexity index is 549. The van der Waals surface area contributed by atoms with Crippen molar-refractivity contribution in [1.82, 2.24) is 14.8 Å². The molecule has 1 N–H and O–H groups in total. The second-order valence-corrected chi connectivity index (χ2v) is 4.82. The first kappa shape index (κ1) is 13.5. The van der Waals surface area contributed by atoms with Crippen LogP contribution in [0.15, 0.2) is 17.8 Å². The fourth-order valence-electron chi connectivity index (χ4n) is 1.57. The van der Waals surface area contributed by atoms with Crippen LogP contribution >= 0.6 is 11.3 Å². The molecule has 19 heavy (non-hydrogen) atoms. The maximum absolute atomic E-state index is 11.4. The summed E-state index contributed by atoms with van der Waals surface area (Å²) in [6.45, 7) is 2.89. The van der Waals surface area contributed by atoms with Crippen LogP contribution in [0.3, 0.4) is 0 Å². The Labute approximate surface area is 115 Å². The Morgan fingerprint density at radius 3 is 3.11 bits per heavy atom. The Kier molecular flexibility index (Phi) is 4.51. The fourth-order valence-corrected chi connectivity index (χ4v) is 2.28. The smallest absolute Gasteiger partial charge is 0.357 e. The number of nitrogens with zero attached hydrogens (tertiary/aromatic N) is 3. The molecular formula is C12H16N4O2S. The highest BCUT2D eigenvalue weighted by Crippen LogP contribution is 2.16. The number of carbonyl (C=O) groups is 1. The minimum Gasteiger partial charge on any atom is -0.461 e. The van der Waals surface area contributed by atoms with Gasteiger partial charge < -0.3 is 10.1 Å². The van der Waals surface area contributed by atoms with Crippen LogP contribution in [0, 0.1) is 0 Å². The van der Waals surface area contributed by atoms with Gasteiger partial charge in [0.1, 0.15) is 0 Å². The maximum atomic E-state index is 11.4. The molecular weight excluding hydrogens is 264 g/mol. The third-order valence-electron chi connectivity index (χ3n) is 2.44. The molecule has 7 heteroatoms. The molecule has 0 amide bonds. The van der Waals surface area contributed by atoms with Gasteiger partial charge in [-0.1, -0.05) is 0 Å². The molecule has 0 spiro atoms. The second-order valence-electron chi connectivity index (χ2n) is 3.96. The van der Waals surface area contributed by atoms with Gasteiger partial charge in [0.2, 0.25) is 0 Å². The van der Waals surface area contributed by atoms with Crippen molar-refractivity contribution in [3.05, 3.63) is 29.0 Å². The zero-order valence-corrected chi connectivity index (χ0v) is 11.7. The van der Waals surface area contributed by atoms with E-state index in [-0.39, 0.29) is 5.97 Å². The SMILES string of the molecule is CCOC(=O)c1csc(NCCc2cnn(C)c2)n1. The molecule has 0 saturated carbocycles. The van der Waals surface area contributed by atoms with Crippen LogP contribution in [0.25, 0.3) is 0 Å². The Hall–Kier alpha value is -1.89. The van der Waals surface area contributed by atoms with E-state index >= 15 is 0 Å². The van der Waals surface area contributed by atoms with Crippen molar-refractivity contribution in [3.63, 3.8) is 0 Å². The van der Waals surface area contributed by atoms with Gasteiger partial charge in [-0.3, -0.25) is 4.68 Å². The number of ether oxygens (including phenoxy) is 1. The summed E-state index contributed by atoms with van der Waals surface area (Å²) in [6, 6.07) is 0. The highest BCUT2D eigenvalue weighted by Gasteiger charge is 2.11. The quantitative estimate of drug-likeness (QED) is 0.816. The van der Waals surface area contributed by atoms with Gasteiger partial charge >= 0.3 is 5.97 Å².